The highest BCUT2D eigenvalue weighted by molar-refractivity contribution is 5.85. The van der Waals surface area contributed by atoms with E-state index < -0.39 is 12.0 Å². The molecule has 1 aliphatic rings. The molecule has 0 saturated heterocycles. The summed E-state index contributed by atoms with van der Waals surface area (Å²) in [7, 11) is 0. The number of rotatable bonds is 9. The van der Waals surface area contributed by atoms with E-state index in [9.17, 15) is 14.7 Å². The zero-order chi connectivity index (χ0) is 23.3. The largest absolute Gasteiger partial charge is 0.480 e. The van der Waals surface area contributed by atoms with Crippen molar-refractivity contribution in [3.63, 3.8) is 0 Å². The van der Waals surface area contributed by atoms with Gasteiger partial charge in [0.15, 0.2) is 0 Å². The molecule has 1 aliphatic carbocycles. The Morgan fingerprint density at radius 2 is 1.97 bits per heavy atom. The number of nitrogens with one attached hydrogen (secondary N) is 1. The minimum Gasteiger partial charge on any atom is -0.480 e. The Kier molecular flexibility index (Phi) is 8.07. The van der Waals surface area contributed by atoms with Gasteiger partial charge in [0.05, 0.1) is 12.7 Å². The molecule has 1 aromatic carbocycles. The summed E-state index contributed by atoms with van der Waals surface area (Å²) < 4.78 is 12.1. The van der Waals surface area contributed by atoms with Crippen LogP contribution in [-0.4, -0.2) is 34.1 Å². The van der Waals surface area contributed by atoms with E-state index in [1.165, 1.54) is 5.56 Å². The second-order valence-electron chi connectivity index (χ2n) is 8.97. The van der Waals surface area contributed by atoms with Gasteiger partial charge >= 0.3 is 5.97 Å². The number of ether oxygens (including phenoxy) is 1. The average Bonchev–Trinajstić information content (AvgIpc) is 3.19. The molecule has 2 N–H and O–H groups in total. The molecular weight excluding hydrogens is 408 g/mol. The van der Waals surface area contributed by atoms with Crippen LogP contribution in [0.1, 0.15) is 63.5 Å². The molecule has 3 atom stereocenters. The number of hydrogen-bond donors (Lipinski definition) is 2. The van der Waals surface area contributed by atoms with Crippen molar-refractivity contribution in [2.24, 2.45) is 11.8 Å². The van der Waals surface area contributed by atoms with Crippen LogP contribution < -0.4 is 5.32 Å². The third-order valence-electron chi connectivity index (χ3n) is 6.08. The molecule has 3 rings (SSSR count). The van der Waals surface area contributed by atoms with E-state index in [4.69, 9.17) is 9.15 Å². The Hall–Kier alpha value is -2.67. The van der Waals surface area contributed by atoms with Crippen molar-refractivity contribution in [3.05, 3.63) is 41.3 Å². The molecular formula is C25H34N2O5. The van der Waals surface area contributed by atoms with Crippen LogP contribution in [0.4, 0.5) is 0 Å². The van der Waals surface area contributed by atoms with Gasteiger partial charge in [0.25, 0.3) is 0 Å². The van der Waals surface area contributed by atoms with Crippen LogP contribution in [0.2, 0.25) is 0 Å². The number of aryl methyl sites for hydroxylation is 2. The fraction of sp³-hybridized carbons (Fsp3) is 0.560. The van der Waals surface area contributed by atoms with Gasteiger partial charge in [-0.05, 0) is 44.2 Å². The number of hydrogen-bond acceptors (Lipinski definition) is 5. The second kappa shape index (κ2) is 10.8. The van der Waals surface area contributed by atoms with E-state index >= 15 is 0 Å². The number of nitrogens with zero attached hydrogens (tertiary/aromatic N) is 1. The smallest absolute Gasteiger partial charge is 0.326 e. The molecule has 32 heavy (non-hydrogen) atoms. The molecule has 0 bridgehead atoms. The van der Waals surface area contributed by atoms with Crippen LogP contribution in [0.25, 0.3) is 11.5 Å². The first-order valence-electron chi connectivity index (χ1n) is 11.5. The van der Waals surface area contributed by atoms with E-state index in [1.807, 2.05) is 38.1 Å². The van der Waals surface area contributed by atoms with E-state index in [0.29, 0.717) is 18.9 Å². The summed E-state index contributed by atoms with van der Waals surface area (Å²) in [6.45, 7) is 7.98. The highest BCUT2D eigenvalue weighted by atomic mass is 16.5. The number of carbonyl (C=O) groups is 2. The molecule has 1 fully saturated rings. The number of aromatic nitrogens is 1. The van der Waals surface area contributed by atoms with E-state index in [1.54, 1.807) is 13.8 Å². The molecule has 1 amide bonds. The number of benzene rings is 1. The molecule has 1 saturated carbocycles. The average molecular weight is 443 g/mol. The van der Waals surface area contributed by atoms with Gasteiger partial charge in [-0.3, -0.25) is 4.79 Å². The van der Waals surface area contributed by atoms with Crippen LogP contribution >= 0.6 is 0 Å². The third kappa shape index (κ3) is 5.97. The molecule has 0 aliphatic heterocycles. The van der Waals surface area contributed by atoms with Crippen molar-refractivity contribution in [2.45, 2.75) is 78.6 Å². The first-order chi connectivity index (χ1) is 15.3. The van der Waals surface area contributed by atoms with Crippen molar-refractivity contribution >= 4 is 11.9 Å². The standard InChI is InChI=1S/C25H34N2O5/c1-5-21-20(26-24(32-21)17-11-9-16(4)10-12-17)14-31-19-8-6-7-18(13-19)23(28)27-22(15(2)3)25(29)30/h9-12,15,18-19,22H,5-8,13-14H2,1-4H3,(H,27,28)(H,29,30)/t18-,19+,22?/m1/s1. The van der Waals surface area contributed by atoms with Crippen LogP contribution in [0.5, 0.6) is 0 Å². The Labute approximate surface area is 189 Å². The van der Waals surface area contributed by atoms with Gasteiger partial charge in [-0.25, -0.2) is 9.78 Å². The molecule has 1 aromatic heterocycles. The van der Waals surface area contributed by atoms with Gasteiger partial charge in [0.2, 0.25) is 11.8 Å². The summed E-state index contributed by atoms with van der Waals surface area (Å²) in [5.41, 5.74) is 2.91. The molecule has 174 valence electrons. The van der Waals surface area contributed by atoms with Gasteiger partial charge in [-0.2, -0.15) is 0 Å². The molecule has 1 unspecified atom stereocenters. The van der Waals surface area contributed by atoms with Crippen molar-refractivity contribution in [2.75, 3.05) is 0 Å². The molecule has 0 radical (unpaired) electrons. The fourth-order valence-corrected chi connectivity index (χ4v) is 4.11. The highest BCUT2D eigenvalue weighted by Crippen LogP contribution is 2.29. The monoisotopic (exact) mass is 442 g/mol. The quantitative estimate of drug-likeness (QED) is 0.592. The van der Waals surface area contributed by atoms with Crippen molar-refractivity contribution < 1.29 is 23.8 Å². The summed E-state index contributed by atoms with van der Waals surface area (Å²) in [6, 6.07) is 7.19. The van der Waals surface area contributed by atoms with Crippen molar-refractivity contribution in [3.8, 4) is 11.5 Å². The lowest BCUT2D eigenvalue weighted by atomic mass is 9.86. The van der Waals surface area contributed by atoms with Gasteiger partial charge in [0, 0.05) is 17.9 Å². The fourth-order valence-electron chi connectivity index (χ4n) is 4.11. The summed E-state index contributed by atoms with van der Waals surface area (Å²) in [5, 5.41) is 12.0. The van der Waals surface area contributed by atoms with Crippen molar-refractivity contribution in [1.82, 2.24) is 10.3 Å². The Balaban J connectivity index is 1.60. The number of aliphatic carboxylic acids is 1. The Bertz CT molecular complexity index is 919. The van der Waals surface area contributed by atoms with Crippen LogP contribution in [-0.2, 0) is 27.4 Å². The topological polar surface area (TPSA) is 102 Å². The zero-order valence-corrected chi connectivity index (χ0v) is 19.4. The van der Waals surface area contributed by atoms with Gasteiger partial charge in [0.1, 0.15) is 17.5 Å². The third-order valence-corrected chi connectivity index (χ3v) is 6.08. The molecule has 7 nitrogen and oxygen atoms in total. The minimum atomic E-state index is -1.00. The van der Waals surface area contributed by atoms with Gasteiger partial charge in [-0.1, -0.05) is 44.9 Å². The number of carboxylic acid groups (broad SMARTS) is 1. The Morgan fingerprint density at radius 1 is 1.25 bits per heavy atom. The number of carboxylic acids is 1. The minimum absolute atomic E-state index is 0.0638. The lowest BCUT2D eigenvalue weighted by Crippen LogP contribution is -2.47. The number of amides is 1. The lowest BCUT2D eigenvalue weighted by Gasteiger charge is -2.29. The molecule has 0 spiro atoms. The predicted octanol–water partition coefficient (Wildman–Crippen LogP) is 4.51. The first kappa shape index (κ1) is 24.0. The van der Waals surface area contributed by atoms with Gasteiger partial charge in [-0.15, -0.1) is 0 Å². The second-order valence-corrected chi connectivity index (χ2v) is 8.97. The summed E-state index contributed by atoms with van der Waals surface area (Å²) in [5.74, 6) is -0.201. The van der Waals surface area contributed by atoms with Gasteiger partial charge < -0.3 is 19.6 Å². The maximum Gasteiger partial charge on any atom is 0.326 e. The number of carbonyl (C=O) groups excluding carboxylic acids is 1. The SMILES string of the molecule is CCc1oc(-c2ccc(C)cc2)nc1CO[C@H]1CCC[C@@H](C(=O)NC(C(=O)O)C(C)C)C1. The van der Waals surface area contributed by atoms with Crippen molar-refractivity contribution in [1.29, 1.82) is 0 Å². The zero-order valence-electron chi connectivity index (χ0n) is 19.4. The first-order valence-corrected chi connectivity index (χ1v) is 11.5. The summed E-state index contributed by atoms with van der Waals surface area (Å²) in [6.07, 6.45) is 3.74. The van der Waals surface area contributed by atoms with E-state index in [0.717, 1.165) is 42.7 Å². The normalized spacial score (nSPS) is 19.7. The molecule has 7 heteroatoms. The summed E-state index contributed by atoms with van der Waals surface area (Å²) in [4.78, 5) is 28.7. The highest BCUT2D eigenvalue weighted by Gasteiger charge is 2.32. The lowest BCUT2D eigenvalue weighted by molar-refractivity contribution is -0.144. The van der Waals surface area contributed by atoms with Crippen LogP contribution in [0.3, 0.4) is 0 Å². The Morgan fingerprint density at radius 3 is 2.59 bits per heavy atom. The van der Waals surface area contributed by atoms with Crippen LogP contribution in [0, 0.1) is 18.8 Å². The maximum absolute atomic E-state index is 12.7. The predicted molar refractivity (Wildman–Crippen MR) is 121 cm³/mol. The summed E-state index contributed by atoms with van der Waals surface area (Å²) >= 11 is 0. The molecule has 1 heterocycles. The van der Waals surface area contributed by atoms with E-state index in [2.05, 4.69) is 10.3 Å². The van der Waals surface area contributed by atoms with E-state index in [-0.39, 0.29) is 23.8 Å². The number of oxazole rings is 1. The maximum atomic E-state index is 12.7. The molecule has 2 aromatic rings. The van der Waals surface area contributed by atoms with Crippen LogP contribution in [0.15, 0.2) is 28.7 Å².